The number of halogens is 1. The topological polar surface area (TPSA) is 56.3 Å². The molecule has 2 heterocycles. The lowest BCUT2D eigenvalue weighted by Crippen LogP contribution is -2.41. The SMILES string of the molecule is O=C(c1cc(Cl)c[nH]1)N1CCCC(CO)C1. The van der Waals surface area contributed by atoms with E-state index in [1.807, 2.05) is 0 Å². The summed E-state index contributed by atoms with van der Waals surface area (Å²) in [5.41, 5.74) is 0.517. The number of aromatic nitrogens is 1. The molecule has 16 heavy (non-hydrogen) atoms. The van der Waals surface area contributed by atoms with E-state index in [9.17, 15) is 4.79 Å². The first-order valence-electron chi connectivity index (χ1n) is 5.44. The Morgan fingerprint density at radius 1 is 1.69 bits per heavy atom. The number of piperidine rings is 1. The third-order valence-corrected chi connectivity index (χ3v) is 3.16. The second kappa shape index (κ2) is 4.89. The Balaban J connectivity index is 2.04. The van der Waals surface area contributed by atoms with Crippen LogP contribution in [0.4, 0.5) is 0 Å². The number of carbonyl (C=O) groups is 1. The molecule has 1 unspecified atom stereocenters. The summed E-state index contributed by atoms with van der Waals surface area (Å²) in [6, 6.07) is 1.63. The fraction of sp³-hybridized carbons (Fsp3) is 0.545. The quantitative estimate of drug-likeness (QED) is 0.826. The predicted octanol–water partition coefficient (Wildman–Crippen LogP) is 1.51. The first-order chi connectivity index (χ1) is 7.70. The van der Waals surface area contributed by atoms with Crippen molar-refractivity contribution < 1.29 is 9.90 Å². The maximum Gasteiger partial charge on any atom is 0.270 e. The minimum Gasteiger partial charge on any atom is -0.396 e. The summed E-state index contributed by atoms with van der Waals surface area (Å²) in [5.74, 6) is 0.174. The molecule has 0 aromatic carbocycles. The third kappa shape index (κ3) is 2.39. The molecule has 2 N–H and O–H groups in total. The molecule has 1 amide bonds. The van der Waals surface area contributed by atoms with Crippen LogP contribution in [-0.2, 0) is 0 Å². The van der Waals surface area contributed by atoms with Crippen LogP contribution < -0.4 is 0 Å². The average Bonchev–Trinajstić information content (AvgIpc) is 2.75. The number of aromatic amines is 1. The summed E-state index contributed by atoms with van der Waals surface area (Å²) < 4.78 is 0. The van der Waals surface area contributed by atoms with Crippen molar-refractivity contribution in [3.8, 4) is 0 Å². The molecule has 0 spiro atoms. The summed E-state index contributed by atoms with van der Waals surface area (Å²) in [6.45, 7) is 1.53. The molecular formula is C11H15ClN2O2. The number of nitrogens with zero attached hydrogens (tertiary/aromatic N) is 1. The van der Waals surface area contributed by atoms with Gasteiger partial charge in [0.15, 0.2) is 0 Å². The van der Waals surface area contributed by atoms with Crippen molar-refractivity contribution in [2.24, 2.45) is 5.92 Å². The first kappa shape index (κ1) is 11.5. The van der Waals surface area contributed by atoms with Crippen molar-refractivity contribution in [2.45, 2.75) is 12.8 Å². The Labute approximate surface area is 99.2 Å². The molecule has 1 aromatic heterocycles. The van der Waals surface area contributed by atoms with Crippen LogP contribution in [0.3, 0.4) is 0 Å². The van der Waals surface area contributed by atoms with Crippen LogP contribution in [0.15, 0.2) is 12.3 Å². The molecule has 1 aromatic rings. The highest BCUT2D eigenvalue weighted by atomic mass is 35.5. The average molecular weight is 243 g/mol. The van der Waals surface area contributed by atoms with Gasteiger partial charge in [-0.15, -0.1) is 0 Å². The van der Waals surface area contributed by atoms with E-state index in [0.29, 0.717) is 17.3 Å². The fourth-order valence-corrected chi connectivity index (χ4v) is 2.22. The molecule has 4 nitrogen and oxygen atoms in total. The Bertz CT molecular complexity index is 378. The molecule has 1 aliphatic rings. The highest BCUT2D eigenvalue weighted by molar-refractivity contribution is 6.30. The summed E-state index contributed by atoms with van der Waals surface area (Å²) in [5, 5.41) is 9.64. The van der Waals surface area contributed by atoms with Crippen LogP contribution in [0, 0.1) is 5.92 Å². The lowest BCUT2D eigenvalue weighted by atomic mass is 9.99. The van der Waals surface area contributed by atoms with Gasteiger partial charge in [-0.1, -0.05) is 11.6 Å². The van der Waals surface area contributed by atoms with Crippen molar-refractivity contribution in [1.82, 2.24) is 9.88 Å². The summed E-state index contributed by atoms with van der Waals surface area (Å²) in [7, 11) is 0. The molecule has 1 saturated heterocycles. The zero-order valence-electron chi connectivity index (χ0n) is 8.95. The first-order valence-corrected chi connectivity index (χ1v) is 5.82. The summed E-state index contributed by atoms with van der Waals surface area (Å²) in [4.78, 5) is 16.6. The number of aliphatic hydroxyl groups is 1. The number of hydrogen-bond donors (Lipinski definition) is 2. The van der Waals surface area contributed by atoms with Crippen LogP contribution in [0.25, 0.3) is 0 Å². The monoisotopic (exact) mass is 242 g/mol. The van der Waals surface area contributed by atoms with Gasteiger partial charge >= 0.3 is 0 Å². The normalized spacial score (nSPS) is 21.1. The molecule has 1 aliphatic heterocycles. The molecule has 0 radical (unpaired) electrons. The molecule has 5 heteroatoms. The molecule has 0 aliphatic carbocycles. The standard InChI is InChI=1S/C11H15ClN2O2/c12-9-4-10(13-5-9)11(16)14-3-1-2-8(6-14)7-15/h4-5,8,13,15H,1-3,6-7H2. The Kier molecular flexibility index (Phi) is 3.51. The van der Waals surface area contributed by atoms with Crippen molar-refractivity contribution in [1.29, 1.82) is 0 Å². The van der Waals surface area contributed by atoms with Crippen molar-refractivity contribution >= 4 is 17.5 Å². The Hall–Kier alpha value is -1.00. The second-order valence-corrected chi connectivity index (χ2v) is 4.61. The summed E-state index contributed by atoms with van der Waals surface area (Å²) >= 11 is 5.76. The second-order valence-electron chi connectivity index (χ2n) is 4.17. The molecule has 0 saturated carbocycles. The van der Waals surface area contributed by atoms with Crippen LogP contribution in [0.1, 0.15) is 23.3 Å². The maximum absolute atomic E-state index is 12.0. The minimum absolute atomic E-state index is 0.0370. The summed E-state index contributed by atoms with van der Waals surface area (Å²) in [6.07, 6.45) is 3.54. The number of H-pyrrole nitrogens is 1. The van der Waals surface area contributed by atoms with Gasteiger partial charge in [0.25, 0.3) is 5.91 Å². The zero-order valence-corrected chi connectivity index (χ0v) is 9.70. The molecule has 1 atom stereocenters. The minimum atomic E-state index is -0.0370. The lowest BCUT2D eigenvalue weighted by Gasteiger charge is -2.31. The van der Waals surface area contributed by atoms with Crippen LogP contribution >= 0.6 is 11.6 Å². The largest absolute Gasteiger partial charge is 0.396 e. The number of aliphatic hydroxyl groups excluding tert-OH is 1. The van der Waals surface area contributed by atoms with Gasteiger partial charge in [0, 0.05) is 25.9 Å². The van der Waals surface area contributed by atoms with Crippen molar-refractivity contribution in [2.75, 3.05) is 19.7 Å². The van der Waals surface area contributed by atoms with Crippen LogP contribution in [0.2, 0.25) is 5.02 Å². The van der Waals surface area contributed by atoms with Gasteiger partial charge < -0.3 is 15.0 Å². The predicted molar refractivity (Wildman–Crippen MR) is 61.5 cm³/mol. The van der Waals surface area contributed by atoms with Gasteiger partial charge in [0.1, 0.15) is 5.69 Å². The van der Waals surface area contributed by atoms with Gasteiger partial charge in [0.05, 0.1) is 5.02 Å². The van der Waals surface area contributed by atoms with E-state index >= 15 is 0 Å². The van der Waals surface area contributed by atoms with E-state index in [2.05, 4.69) is 4.98 Å². The van der Waals surface area contributed by atoms with Crippen LogP contribution in [0.5, 0.6) is 0 Å². The third-order valence-electron chi connectivity index (χ3n) is 2.94. The number of likely N-dealkylation sites (tertiary alicyclic amines) is 1. The highest BCUT2D eigenvalue weighted by Gasteiger charge is 2.24. The van der Waals surface area contributed by atoms with E-state index in [1.54, 1.807) is 17.2 Å². The van der Waals surface area contributed by atoms with E-state index < -0.39 is 0 Å². The van der Waals surface area contributed by atoms with Gasteiger partial charge in [-0.05, 0) is 24.8 Å². The molecule has 2 rings (SSSR count). The van der Waals surface area contributed by atoms with E-state index in [0.717, 1.165) is 19.4 Å². The fourth-order valence-electron chi connectivity index (χ4n) is 2.06. The lowest BCUT2D eigenvalue weighted by molar-refractivity contribution is 0.0615. The van der Waals surface area contributed by atoms with Gasteiger partial charge in [-0.3, -0.25) is 4.79 Å². The van der Waals surface area contributed by atoms with Crippen LogP contribution in [-0.4, -0.2) is 40.6 Å². The maximum atomic E-state index is 12.0. The zero-order chi connectivity index (χ0) is 11.5. The van der Waals surface area contributed by atoms with E-state index in [-0.39, 0.29) is 18.4 Å². The number of nitrogens with one attached hydrogen (secondary N) is 1. The smallest absolute Gasteiger partial charge is 0.270 e. The highest BCUT2D eigenvalue weighted by Crippen LogP contribution is 2.19. The number of carbonyl (C=O) groups excluding carboxylic acids is 1. The molecule has 1 fully saturated rings. The van der Waals surface area contributed by atoms with Crippen molar-refractivity contribution in [3.63, 3.8) is 0 Å². The molecule has 0 bridgehead atoms. The van der Waals surface area contributed by atoms with E-state index in [4.69, 9.17) is 16.7 Å². The Morgan fingerprint density at radius 3 is 3.12 bits per heavy atom. The molecule has 88 valence electrons. The number of hydrogen-bond acceptors (Lipinski definition) is 2. The van der Waals surface area contributed by atoms with Gasteiger partial charge in [0.2, 0.25) is 0 Å². The molecular weight excluding hydrogens is 228 g/mol. The van der Waals surface area contributed by atoms with Gasteiger partial charge in [-0.2, -0.15) is 0 Å². The van der Waals surface area contributed by atoms with Gasteiger partial charge in [-0.25, -0.2) is 0 Å². The Morgan fingerprint density at radius 2 is 2.50 bits per heavy atom. The number of rotatable bonds is 2. The number of amides is 1. The van der Waals surface area contributed by atoms with E-state index in [1.165, 1.54) is 0 Å². The van der Waals surface area contributed by atoms with Crippen molar-refractivity contribution in [3.05, 3.63) is 23.0 Å².